The maximum Gasteiger partial charge on any atom is 0.315 e. The van der Waals surface area contributed by atoms with E-state index in [0.29, 0.717) is 11.3 Å². The molecule has 1 aliphatic heterocycles. The minimum atomic E-state index is -1.93. The Balaban J connectivity index is 1.71. The first-order chi connectivity index (χ1) is 16.4. The number of hydrogen-bond donors (Lipinski definition) is 4. The van der Waals surface area contributed by atoms with Gasteiger partial charge in [0.1, 0.15) is 5.75 Å². The van der Waals surface area contributed by atoms with Crippen LogP contribution in [0, 0.1) is 0 Å². The van der Waals surface area contributed by atoms with Gasteiger partial charge in [0, 0.05) is 22.8 Å². The number of aromatic amines is 1. The largest absolute Gasteiger partial charge is 0.452 e. The molecule has 0 fully saturated rings. The fraction of sp³-hybridized carbons (Fsp3) is 0.0800. The van der Waals surface area contributed by atoms with E-state index in [-0.39, 0.29) is 17.9 Å². The zero-order valence-corrected chi connectivity index (χ0v) is 17.9. The second kappa shape index (κ2) is 7.96. The Hall–Kier alpha value is -4.79. The number of aromatic nitrogens is 1. The molecular weight excluding hydrogens is 434 g/mol. The van der Waals surface area contributed by atoms with Crippen molar-refractivity contribution in [3.05, 3.63) is 95.7 Å². The number of nitrogens with zero attached hydrogens (tertiary/aromatic N) is 1. The highest BCUT2D eigenvalue weighted by molar-refractivity contribution is 6.06. The minimum absolute atomic E-state index is 0.158. The van der Waals surface area contributed by atoms with Crippen LogP contribution in [0.3, 0.4) is 0 Å². The summed E-state index contributed by atoms with van der Waals surface area (Å²) in [4.78, 5) is 42.6. The monoisotopic (exact) mass is 455 g/mol. The molecule has 0 spiro atoms. The van der Waals surface area contributed by atoms with E-state index >= 15 is 0 Å². The fourth-order valence-electron chi connectivity index (χ4n) is 4.17. The van der Waals surface area contributed by atoms with Crippen LogP contribution in [0.1, 0.15) is 21.5 Å². The maximum atomic E-state index is 14.1. The molecule has 1 aromatic heterocycles. The van der Waals surface area contributed by atoms with Gasteiger partial charge < -0.3 is 21.2 Å². The summed E-state index contributed by atoms with van der Waals surface area (Å²) in [7, 11) is 0. The first-order valence-corrected chi connectivity index (χ1v) is 10.5. The molecule has 1 unspecified atom stereocenters. The van der Waals surface area contributed by atoms with Crippen LogP contribution in [0.4, 0.5) is 10.5 Å². The lowest BCUT2D eigenvalue weighted by Gasteiger charge is -2.42. The standard InChI is InChI=1S/C25H21N5O4/c26-22(31)17-7-9-21-20(12-17)30(14-15-4-2-1-3-5-15)23(32)25(34-21,29-24(27)33)18-8-6-16-10-11-28-19(16)13-18/h1-13,28H,14H2,(H2,26,31)(H3,27,29,33). The van der Waals surface area contributed by atoms with Crippen LogP contribution in [0.5, 0.6) is 5.75 Å². The lowest BCUT2D eigenvalue weighted by atomic mass is 9.96. The van der Waals surface area contributed by atoms with Crippen molar-refractivity contribution in [2.24, 2.45) is 11.5 Å². The SMILES string of the molecule is NC(=O)NC1(c2ccc3cc[nH]c3c2)Oc2ccc(C(N)=O)cc2N(Cc2ccccc2)C1=O. The Kier molecular flexibility index (Phi) is 4.94. The molecule has 0 saturated carbocycles. The highest BCUT2D eigenvalue weighted by atomic mass is 16.5. The van der Waals surface area contributed by atoms with E-state index in [4.69, 9.17) is 16.2 Å². The number of primary amides is 2. The van der Waals surface area contributed by atoms with Gasteiger partial charge in [-0.3, -0.25) is 19.8 Å². The summed E-state index contributed by atoms with van der Waals surface area (Å²) in [6.07, 6.45) is 1.77. The second-order valence-electron chi connectivity index (χ2n) is 7.98. The Morgan fingerprint density at radius 2 is 1.79 bits per heavy atom. The number of fused-ring (bicyclic) bond motifs is 2. The number of hydrogen-bond acceptors (Lipinski definition) is 4. The normalized spacial score (nSPS) is 17.2. The molecular formula is C25H21N5O4. The third kappa shape index (κ3) is 3.49. The van der Waals surface area contributed by atoms with Gasteiger partial charge >= 0.3 is 6.03 Å². The van der Waals surface area contributed by atoms with E-state index in [1.165, 1.54) is 17.0 Å². The Morgan fingerprint density at radius 1 is 1.00 bits per heavy atom. The molecule has 2 heterocycles. The van der Waals surface area contributed by atoms with Crippen molar-refractivity contribution in [2.75, 3.05) is 4.90 Å². The van der Waals surface area contributed by atoms with E-state index in [1.807, 2.05) is 42.5 Å². The average Bonchev–Trinajstić information content (AvgIpc) is 3.30. The predicted octanol–water partition coefficient (Wildman–Crippen LogP) is 2.71. The summed E-state index contributed by atoms with van der Waals surface area (Å²) in [5.41, 5.74) is 11.6. The number of rotatable bonds is 5. The Bertz CT molecular complexity index is 1430. The molecule has 34 heavy (non-hydrogen) atoms. The molecule has 0 aliphatic carbocycles. The van der Waals surface area contributed by atoms with Crippen molar-refractivity contribution in [3.8, 4) is 5.75 Å². The van der Waals surface area contributed by atoms with Crippen LogP contribution in [0.15, 0.2) is 79.0 Å². The van der Waals surface area contributed by atoms with Crippen LogP contribution in [-0.2, 0) is 17.1 Å². The summed E-state index contributed by atoms with van der Waals surface area (Å²) >= 11 is 0. The lowest BCUT2D eigenvalue weighted by molar-refractivity contribution is -0.138. The van der Waals surface area contributed by atoms with Gasteiger partial charge in [-0.1, -0.05) is 42.5 Å². The molecule has 5 rings (SSSR count). The van der Waals surface area contributed by atoms with Gasteiger partial charge in [0.25, 0.3) is 11.6 Å². The first-order valence-electron chi connectivity index (χ1n) is 10.5. The molecule has 0 bridgehead atoms. The number of H-pyrrole nitrogens is 1. The molecule has 9 heteroatoms. The third-order valence-corrected chi connectivity index (χ3v) is 5.79. The van der Waals surface area contributed by atoms with Crippen LogP contribution in [0.2, 0.25) is 0 Å². The second-order valence-corrected chi connectivity index (χ2v) is 7.98. The van der Waals surface area contributed by atoms with Gasteiger partial charge in [-0.25, -0.2) is 4.79 Å². The molecule has 9 nitrogen and oxygen atoms in total. The summed E-state index contributed by atoms with van der Waals surface area (Å²) in [6.45, 7) is 0.158. The number of carbonyl (C=O) groups is 3. The molecule has 4 amide bonds. The van der Waals surface area contributed by atoms with Crippen molar-refractivity contribution in [3.63, 3.8) is 0 Å². The predicted molar refractivity (Wildman–Crippen MR) is 126 cm³/mol. The van der Waals surface area contributed by atoms with Gasteiger partial charge in [-0.05, 0) is 41.3 Å². The number of carbonyl (C=O) groups excluding carboxylic acids is 3. The highest BCUT2D eigenvalue weighted by Crippen LogP contribution is 2.43. The number of amides is 4. The van der Waals surface area contributed by atoms with Gasteiger partial charge in [0.05, 0.1) is 12.2 Å². The third-order valence-electron chi connectivity index (χ3n) is 5.79. The van der Waals surface area contributed by atoms with E-state index in [0.717, 1.165) is 16.5 Å². The summed E-state index contributed by atoms with van der Waals surface area (Å²) in [5, 5.41) is 3.46. The minimum Gasteiger partial charge on any atom is -0.452 e. The molecule has 0 radical (unpaired) electrons. The van der Waals surface area contributed by atoms with Crippen LogP contribution >= 0.6 is 0 Å². The van der Waals surface area contributed by atoms with Crippen LogP contribution in [-0.4, -0.2) is 22.8 Å². The number of nitrogens with two attached hydrogens (primary N) is 2. The fourth-order valence-corrected chi connectivity index (χ4v) is 4.17. The van der Waals surface area contributed by atoms with Gasteiger partial charge in [-0.2, -0.15) is 0 Å². The number of ether oxygens (including phenoxy) is 1. The van der Waals surface area contributed by atoms with E-state index in [9.17, 15) is 14.4 Å². The van der Waals surface area contributed by atoms with Crippen molar-refractivity contribution >= 4 is 34.4 Å². The zero-order valence-electron chi connectivity index (χ0n) is 17.9. The average molecular weight is 455 g/mol. The highest BCUT2D eigenvalue weighted by Gasteiger charge is 2.51. The summed E-state index contributed by atoms with van der Waals surface area (Å²) in [5.74, 6) is -0.935. The van der Waals surface area contributed by atoms with Crippen molar-refractivity contribution < 1.29 is 19.1 Å². The number of urea groups is 1. The molecule has 4 aromatic rings. The summed E-state index contributed by atoms with van der Waals surface area (Å²) in [6, 6.07) is 20.1. The quantitative estimate of drug-likeness (QED) is 0.367. The smallest absolute Gasteiger partial charge is 0.315 e. The zero-order chi connectivity index (χ0) is 23.9. The Labute approximate surface area is 194 Å². The Morgan fingerprint density at radius 3 is 2.53 bits per heavy atom. The molecule has 0 saturated heterocycles. The summed E-state index contributed by atoms with van der Waals surface area (Å²) < 4.78 is 6.19. The van der Waals surface area contributed by atoms with Crippen molar-refractivity contribution in [1.29, 1.82) is 0 Å². The lowest BCUT2D eigenvalue weighted by Crippen LogP contribution is -2.64. The molecule has 1 atom stereocenters. The number of nitrogens with one attached hydrogen (secondary N) is 2. The number of anilines is 1. The van der Waals surface area contributed by atoms with Crippen LogP contribution < -0.4 is 26.4 Å². The van der Waals surface area contributed by atoms with E-state index in [1.54, 1.807) is 24.4 Å². The molecule has 170 valence electrons. The van der Waals surface area contributed by atoms with Gasteiger partial charge in [-0.15, -0.1) is 0 Å². The number of benzene rings is 3. The van der Waals surface area contributed by atoms with Gasteiger partial charge in [0.15, 0.2) is 0 Å². The van der Waals surface area contributed by atoms with Crippen LogP contribution in [0.25, 0.3) is 10.9 Å². The van der Waals surface area contributed by atoms with Crippen molar-refractivity contribution in [2.45, 2.75) is 12.3 Å². The molecule has 1 aliphatic rings. The molecule has 6 N–H and O–H groups in total. The maximum absolute atomic E-state index is 14.1. The van der Waals surface area contributed by atoms with Gasteiger partial charge in [0.2, 0.25) is 5.91 Å². The van der Waals surface area contributed by atoms with Crippen molar-refractivity contribution in [1.82, 2.24) is 10.3 Å². The first kappa shape index (κ1) is 21.1. The topological polar surface area (TPSA) is 144 Å². The van der Waals surface area contributed by atoms with E-state index in [2.05, 4.69) is 10.3 Å². The van der Waals surface area contributed by atoms with E-state index < -0.39 is 23.6 Å². The molecule has 3 aromatic carbocycles.